The Labute approximate surface area is 264 Å². The van der Waals surface area contributed by atoms with Crippen LogP contribution in [0.25, 0.3) is 11.6 Å². The Kier molecular flexibility index (Phi) is 11.3. The summed E-state index contributed by atoms with van der Waals surface area (Å²) in [4.78, 5) is 17.6. The van der Waals surface area contributed by atoms with Gasteiger partial charge < -0.3 is 23.7 Å². The number of rotatable bonds is 15. The van der Waals surface area contributed by atoms with Crippen molar-refractivity contribution in [2.45, 2.75) is 57.6 Å². The van der Waals surface area contributed by atoms with Gasteiger partial charge in [0.15, 0.2) is 29.4 Å². The van der Waals surface area contributed by atoms with Gasteiger partial charge in [0.05, 0.1) is 18.6 Å². The molecule has 4 rings (SSSR count). The summed E-state index contributed by atoms with van der Waals surface area (Å²) in [6.45, 7) is 10.9. The van der Waals surface area contributed by atoms with Crippen molar-refractivity contribution >= 4 is 15.8 Å². The maximum absolute atomic E-state index is 13.7. The number of hydrogen-bond acceptors (Lipinski definition) is 11. The van der Waals surface area contributed by atoms with Crippen LogP contribution in [0.1, 0.15) is 46.6 Å². The van der Waals surface area contributed by atoms with Crippen LogP contribution in [0.4, 0.5) is 5.82 Å². The molecule has 0 fully saturated rings. The van der Waals surface area contributed by atoms with E-state index in [2.05, 4.69) is 45.4 Å². The zero-order valence-electron chi connectivity index (χ0n) is 26.3. The van der Waals surface area contributed by atoms with Gasteiger partial charge in [-0.2, -0.15) is 4.98 Å². The van der Waals surface area contributed by atoms with Crippen molar-refractivity contribution in [1.29, 1.82) is 0 Å². The molecular formula is C32H39N5O7S. The van der Waals surface area contributed by atoms with E-state index >= 15 is 0 Å². The monoisotopic (exact) mass is 637 g/mol. The van der Waals surface area contributed by atoms with Crippen molar-refractivity contribution in [3.05, 3.63) is 72.6 Å². The summed E-state index contributed by atoms with van der Waals surface area (Å²) in [5.41, 5.74) is 0.832. The molecule has 0 saturated heterocycles. The second-order valence-corrected chi connectivity index (χ2v) is 12.4. The molecule has 240 valence electrons. The van der Waals surface area contributed by atoms with Gasteiger partial charge in [-0.3, -0.25) is 4.72 Å². The van der Waals surface area contributed by atoms with Gasteiger partial charge in [0.1, 0.15) is 0 Å². The predicted molar refractivity (Wildman–Crippen MR) is 169 cm³/mol. The van der Waals surface area contributed by atoms with Crippen LogP contribution in [-0.2, 0) is 24.9 Å². The number of nitrogens with zero attached hydrogens (tertiary/aromatic N) is 4. The summed E-state index contributed by atoms with van der Waals surface area (Å²) in [6, 6.07) is 15.2. The van der Waals surface area contributed by atoms with E-state index in [0.717, 1.165) is 5.56 Å². The van der Waals surface area contributed by atoms with Crippen LogP contribution in [0, 0.1) is 0 Å². The first-order valence-corrected chi connectivity index (χ1v) is 16.0. The van der Waals surface area contributed by atoms with Gasteiger partial charge in [-0.05, 0) is 55.2 Å². The fourth-order valence-electron chi connectivity index (χ4n) is 4.18. The number of anilines is 1. The number of ether oxygens (including phenoxy) is 5. The highest BCUT2D eigenvalue weighted by Crippen LogP contribution is 2.41. The lowest BCUT2D eigenvalue weighted by molar-refractivity contribution is -0.142. The zero-order chi connectivity index (χ0) is 32.5. The predicted octanol–water partition coefficient (Wildman–Crippen LogP) is 6.00. The van der Waals surface area contributed by atoms with Gasteiger partial charge >= 0.3 is 0 Å². The highest BCUT2D eigenvalue weighted by molar-refractivity contribution is 7.92. The first-order valence-electron chi connectivity index (χ1n) is 14.5. The minimum absolute atomic E-state index is 0.0184. The molecule has 0 bridgehead atoms. The first-order chi connectivity index (χ1) is 21.6. The van der Waals surface area contributed by atoms with Crippen LogP contribution in [0.15, 0.2) is 71.9 Å². The van der Waals surface area contributed by atoms with Gasteiger partial charge in [0, 0.05) is 32.0 Å². The topological polar surface area (TPSA) is 144 Å². The maximum atomic E-state index is 13.7. The van der Waals surface area contributed by atoms with Crippen molar-refractivity contribution in [1.82, 2.24) is 19.9 Å². The SMILES string of the molecule is CCOC(CCOc1nc(-c2ncccn2)nc(NS(=O)(=O)c2ccc(C(C)(C)C)cc2)c1Oc1ccccc1OC)OCC. The van der Waals surface area contributed by atoms with Gasteiger partial charge in [-0.15, -0.1) is 0 Å². The first kappa shape index (κ1) is 33.6. The van der Waals surface area contributed by atoms with Gasteiger partial charge in [0.25, 0.3) is 15.9 Å². The number of aromatic nitrogens is 4. The molecule has 0 aliphatic heterocycles. The fraction of sp³-hybridized carbons (Fsp3) is 0.375. The number of para-hydroxylation sites is 2. The van der Waals surface area contributed by atoms with Crippen LogP contribution in [0.5, 0.6) is 23.1 Å². The molecule has 12 nitrogen and oxygen atoms in total. The van der Waals surface area contributed by atoms with Crippen LogP contribution >= 0.6 is 0 Å². The van der Waals surface area contributed by atoms with E-state index in [1.807, 2.05) is 13.8 Å². The lowest BCUT2D eigenvalue weighted by atomic mass is 9.87. The summed E-state index contributed by atoms with van der Waals surface area (Å²) in [5, 5.41) is 0. The average molecular weight is 638 g/mol. The van der Waals surface area contributed by atoms with E-state index in [1.165, 1.54) is 19.5 Å². The second kappa shape index (κ2) is 15.1. The molecule has 1 N–H and O–H groups in total. The van der Waals surface area contributed by atoms with E-state index in [1.54, 1.807) is 54.6 Å². The van der Waals surface area contributed by atoms with E-state index in [0.29, 0.717) is 25.4 Å². The highest BCUT2D eigenvalue weighted by atomic mass is 32.2. The third kappa shape index (κ3) is 8.87. The average Bonchev–Trinajstić information content (AvgIpc) is 3.02. The van der Waals surface area contributed by atoms with E-state index < -0.39 is 16.3 Å². The smallest absolute Gasteiger partial charge is 0.263 e. The van der Waals surface area contributed by atoms with E-state index in [4.69, 9.17) is 23.7 Å². The van der Waals surface area contributed by atoms with Gasteiger partial charge in [-0.25, -0.2) is 23.4 Å². The Hall–Kier alpha value is -4.33. The normalized spacial score (nSPS) is 11.8. The van der Waals surface area contributed by atoms with E-state index in [9.17, 15) is 8.42 Å². The maximum Gasteiger partial charge on any atom is 0.263 e. The van der Waals surface area contributed by atoms with Gasteiger partial charge in [0.2, 0.25) is 11.6 Å². The molecule has 4 aromatic rings. The number of sulfonamides is 1. The molecular weight excluding hydrogens is 598 g/mol. The van der Waals surface area contributed by atoms with Crippen LogP contribution in [-0.4, -0.2) is 61.6 Å². The zero-order valence-corrected chi connectivity index (χ0v) is 27.1. The molecule has 0 unspecified atom stereocenters. The molecule has 2 aromatic heterocycles. The molecule has 0 aliphatic rings. The Morgan fingerprint density at radius 3 is 2.09 bits per heavy atom. The van der Waals surface area contributed by atoms with E-state index in [-0.39, 0.29) is 51.8 Å². The molecule has 0 spiro atoms. The van der Waals surface area contributed by atoms with Crippen LogP contribution in [0.3, 0.4) is 0 Å². The lowest BCUT2D eigenvalue weighted by Crippen LogP contribution is -2.21. The summed E-state index contributed by atoms with van der Waals surface area (Å²) in [6.07, 6.45) is 2.91. The molecule has 0 atom stereocenters. The Bertz CT molecular complexity index is 1640. The Morgan fingerprint density at radius 1 is 0.844 bits per heavy atom. The largest absolute Gasteiger partial charge is 0.493 e. The molecule has 0 amide bonds. The molecule has 2 aromatic carbocycles. The summed E-state index contributed by atoms with van der Waals surface area (Å²) < 4.78 is 59.2. The molecule has 13 heteroatoms. The van der Waals surface area contributed by atoms with Crippen molar-refractivity contribution < 1.29 is 32.1 Å². The highest BCUT2D eigenvalue weighted by Gasteiger charge is 2.27. The van der Waals surface area contributed by atoms with Crippen molar-refractivity contribution in [2.24, 2.45) is 0 Å². The molecule has 0 aliphatic carbocycles. The summed E-state index contributed by atoms with van der Waals surface area (Å²) in [5.74, 6) is 0.545. The standard InChI is InChI=1S/C32H39N5O7S/c1-7-41-26(42-8-2)18-21-43-31-27(44-25-13-10-9-12-24(25)40-6)28(35-30(36-31)29-33-19-11-20-34-29)37-45(38,39)23-16-14-22(15-17-23)32(3,4)5/h9-17,19-20,26H,7-8,18,21H2,1-6H3,(H,35,36,37). The molecule has 45 heavy (non-hydrogen) atoms. The fourth-order valence-corrected chi connectivity index (χ4v) is 5.18. The Morgan fingerprint density at radius 2 is 1.49 bits per heavy atom. The number of benzene rings is 2. The number of nitrogens with one attached hydrogen (secondary N) is 1. The summed E-state index contributed by atoms with van der Waals surface area (Å²) in [7, 11) is -2.66. The third-order valence-electron chi connectivity index (χ3n) is 6.44. The summed E-state index contributed by atoms with van der Waals surface area (Å²) >= 11 is 0. The third-order valence-corrected chi connectivity index (χ3v) is 7.80. The Balaban J connectivity index is 1.82. The second-order valence-electron chi connectivity index (χ2n) is 10.7. The minimum Gasteiger partial charge on any atom is -0.493 e. The number of hydrogen-bond donors (Lipinski definition) is 1. The van der Waals surface area contributed by atoms with Crippen molar-refractivity contribution in [2.75, 3.05) is 31.7 Å². The minimum atomic E-state index is -4.16. The van der Waals surface area contributed by atoms with Crippen molar-refractivity contribution in [3.63, 3.8) is 0 Å². The van der Waals surface area contributed by atoms with Crippen LogP contribution in [0.2, 0.25) is 0 Å². The molecule has 0 saturated carbocycles. The van der Waals surface area contributed by atoms with Gasteiger partial charge in [-0.1, -0.05) is 45.0 Å². The number of methoxy groups -OCH3 is 1. The quantitative estimate of drug-likeness (QED) is 0.153. The lowest BCUT2D eigenvalue weighted by Gasteiger charge is -2.20. The van der Waals surface area contributed by atoms with Crippen molar-refractivity contribution in [3.8, 4) is 34.8 Å². The molecule has 0 radical (unpaired) electrons. The van der Waals surface area contributed by atoms with Crippen LogP contribution < -0.4 is 18.9 Å². The molecule has 2 heterocycles.